The number of rotatable bonds is 1. The van der Waals surface area contributed by atoms with Gasteiger partial charge in [0.1, 0.15) is 0 Å². The van der Waals surface area contributed by atoms with E-state index in [0.29, 0.717) is 11.5 Å². The van der Waals surface area contributed by atoms with Gasteiger partial charge in [0, 0.05) is 13.1 Å². The average molecular weight is 223 g/mol. The van der Waals surface area contributed by atoms with Crippen molar-refractivity contribution in [2.24, 2.45) is 16.1 Å². The Kier molecular flexibility index (Phi) is 2.54. The van der Waals surface area contributed by atoms with E-state index in [4.69, 9.17) is 15.5 Å². The first-order valence-electron chi connectivity index (χ1n) is 6.46. The molecule has 0 aromatic rings. The third-order valence-corrected chi connectivity index (χ3v) is 4.37. The van der Waals surface area contributed by atoms with E-state index in [1.165, 1.54) is 32.1 Å². The summed E-state index contributed by atoms with van der Waals surface area (Å²) < 4.78 is 5.31. The Labute approximate surface area is 96.8 Å². The summed E-state index contributed by atoms with van der Waals surface area (Å²) in [6, 6.07) is 0.526. The minimum Gasteiger partial charge on any atom is -0.378 e. The molecular weight excluding hydrogens is 202 g/mol. The molecule has 3 rings (SSSR count). The molecule has 16 heavy (non-hydrogen) atoms. The lowest BCUT2D eigenvalue weighted by atomic mass is 10.1. The van der Waals surface area contributed by atoms with E-state index in [1.807, 2.05) is 0 Å². The van der Waals surface area contributed by atoms with Gasteiger partial charge in [-0.15, -0.1) is 0 Å². The SMILES string of the molecule is NC(=NC1CC12CCCC2)N1CCOCC1. The highest BCUT2D eigenvalue weighted by Gasteiger charge is 2.55. The molecule has 90 valence electrons. The highest BCUT2D eigenvalue weighted by molar-refractivity contribution is 5.78. The van der Waals surface area contributed by atoms with Gasteiger partial charge in [-0.3, -0.25) is 0 Å². The average Bonchev–Trinajstić information content (AvgIpc) is 2.74. The molecule has 2 N–H and O–H groups in total. The molecule has 4 heteroatoms. The first-order valence-corrected chi connectivity index (χ1v) is 6.46. The zero-order valence-electron chi connectivity index (χ0n) is 9.82. The van der Waals surface area contributed by atoms with E-state index in [9.17, 15) is 0 Å². The lowest BCUT2D eigenvalue weighted by Crippen LogP contribution is -2.45. The highest BCUT2D eigenvalue weighted by atomic mass is 16.5. The summed E-state index contributed by atoms with van der Waals surface area (Å²) in [5, 5.41) is 0. The molecule has 4 nitrogen and oxygen atoms in total. The minimum atomic E-state index is 0.526. The first-order chi connectivity index (χ1) is 7.80. The van der Waals surface area contributed by atoms with E-state index in [0.717, 1.165) is 32.3 Å². The Hall–Kier alpha value is -0.770. The lowest BCUT2D eigenvalue weighted by molar-refractivity contribution is 0.0673. The maximum absolute atomic E-state index is 6.06. The van der Waals surface area contributed by atoms with Crippen LogP contribution in [-0.2, 0) is 4.74 Å². The predicted octanol–water partition coefficient (Wildman–Crippen LogP) is 0.966. The Morgan fingerprint density at radius 2 is 1.94 bits per heavy atom. The number of guanidine groups is 1. The molecule has 3 aliphatic rings. The van der Waals surface area contributed by atoms with Crippen molar-refractivity contribution >= 4 is 5.96 Å². The van der Waals surface area contributed by atoms with Crippen molar-refractivity contribution in [2.45, 2.75) is 38.1 Å². The summed E-state index contributed by atoms with van der Waals surface area (Å²) in [6.45, 7) is 3.36. The van der Waals surface area contributed by atoms with Crippen LogP contribution in [0.3, 0.4) is 0 Å². The predicted molar refractivity (Wildman–Crippen MR) is 63.3 cm³/mol. The molecular formula is C12H21N3O. The van der Waals surface area contributed by atoms with Gasteiger partial charge in [0.05, 0.1) is 19.3 Å². The van der Waals surface area contributed by atoms with E-state index in [2.05, 4.69) is 4.90 Å². The summed E-state index contributed by atoms with van der Waals surface area (Å²) >= 11 is 0. The van der Waals surface area contributed by atoms with Crippen molar-refractivity contribution in [3.8, 4) is 0 Å². The fourth-order valence-corrected chi connectivity index (χ4v) is 3.16. The quantitative estimate of drug-likeness (QED) is 0.532. The van der Waals surface area contributed by atoms with Crippen LogP contribution in [0.2, 0.25) is 0 Å². The van der Waals surface area contributed by atoms with Crippen molar-refractivity contribution in [1.82, 2.24) is 4.90 Å². The Balaban J connectivity index is 1.60. The third-order valence-electron chi connectivity index (χ3n) is 4.37. The smallest absolute Gasteiger partial charge is 0.191 e. The Morgan fingerprint density at radius 1 is 1.25 bits per heavy atom. The van der Waals surface area contributed by atoms with Gasteiger partial charge < -0.3 is 15.4 Å². The van der Waals surface area contributed by atoms with Gasteiger partial charge in [0.25, 0.3) is 0 Å². The van der Waals surface area contributed by atoms with Crippen molar-refractivity contribution in [2.75, 3.05) is 26.3 Å². The molecule has 0 amide bonds. The molecule has 1 atom stereocenters. The molecule has 1 heterocycles. The fourth-order valence-electron chi connectivity index (χ4n) is 3.16. The molecule has 0 aromatic carbocycles. The number of morpholine rings is 1. The summed E-state index contributed by atoms with van der Waals surface area (Å²) in [4.78, 5) is 6.87. The monoisotopic (exact) mass is 223 g/mol. The van der Waals surface area contributed by atoms with Crippen LogP contribution in [0, 0.1) is 5.41 Å². The lowest BCUT2D eigenvalue weighted by Gasteiger charge is -2.27. The van der Waals surface area contributed by atoms with Gasteiger partial charge >= 0.3 is 0 Å². The first kappa shape index (κ1) is 10.4. The number of nitrogens with zero attached hydrogens (tertiary/aromatic N) is 2. The van der Waals surface area contributed by atoms with Gasteiger partial charge in [-0.25, -0.2) is 4.99 Å². The van der Waals surface area contributed by atoms with Gasteiger partial charge in [-0.1, -0.05) is 12.8 Å². The van der Waals surface area contributed by atoms with Crippen LogP contribution in [0.4, 0.5) is 0 Å². The topological polar surface area (TPSA) is 50.8 Å². The number of aliphatic imine (C=N–C) groups is 1. The molecule has 1 aliphatic heterocycles. The summed E-state index contributed by atoms with van der Waals surface area (Å²) in [7, 11) is 0. The van der Waals surface area contributed by atoms with Crippen LogP contribution in [0.25, 0.3) is 0 Å². The second kappa shape index (κ2) is 3.91. The molecule has 3 fully saturated rings. The molecule has 1 unspecified atom stereocenters. The third kappa shape index (κ3) is 1.79. The van der Waals surface area contributed by atoms with Crippen molar-refractivity contribution in [3.63, 3.8) is 0 Å². The van der Waals surface area contributed by atoms with Crippen molar-refractivity contribution in [3.05, 3.63) is 0 Å². The molecule has 1 spiro atoms. The largest absolute Gasteiger partial charge is 0.378 e. The van der Waals surface area contributed by atoms with Crippen LogP contribution in [0.1, 0.15) is 32.1 Å². The van der Waals surface area contributed by atoms with Crippen LogP contribution in [-0.4, -0.2) is 43.2 Å². The van der Waals surface area contributed by atoms with Gasteiger partial charge in [0.15, 0.2) is 5.96 Å². The summed E-state index contributed by atoms with van der Waals surface area (Å²) in [5.74, 6) is 0.747. The van der Waals surface area contributed by atoms with Crippen molar-refractivity contribution < 1.29 is 4.74 Å². The molecule has 0 radical (unpaired) electrons. The second-order valence-electron chi connectivity index (χ2n) is 5.38. The number of hydrogen-bond acceptors (Lipinski definition) is 2. The maximum Gasteiger partial charge on any atom is 0.191 e. The molecule has 2 saturated carbocycles. The minimum absolute atomic E-state index is 0.526. The Morgan fingerprint density at radius 3 is 2.62 bits per heavy atom. The molecule has 1 saturated heterocycles. The number of nitrogens with two attached hydrogens (primary N) is 1. The van der Waals surface area contributed by atoms with Crippen LogP contribution >= 0.6 is 0 Å². The standard InChI is InChI=1S/C12H21N3O/c13-11(15-5-7-16-8-6-15)14-10-9-12(10)3-1-2-4-12/h10H,1-9H2,(H2,13,14). The molecule has 2 aliphatic carbocycles. The van der Waals surface area contributed by atoms with E-state index in [-0.39, 0.29) is 0 Å². The summed E-state index contributed by atoms with van der Waals surface area (Å²) in [5.41, 5.74) is 6.63. The highest BCUT2D eigenvalue weighted by Crippen LogP contribution is 2.59. The second-order valence-corrected chi connectivity index (χ2v) is 5.38. The van der Waals surface area contributed by atoms with Crippen LogP contribution in [0.15, 0.2) is 4.99 Å². The zero-order valence-corrected chi connectivity index (χ0v) is 9.82. The van der Waals surface area contributed by atoms with E-state index in [1.54, 1.807) is 0 Å². The van der Waals surface area contributed by atoms with Crippen molar-refractivity contribution in [1.29, 1.82) is 0 Å². The van der Waals surface area contributed by atoms with E-state index < -0.39 is 0 Å². The molecule has 0 bridgehead atoms. The Bertz CT molecular complexity index is 291. The van der Waals surface area contributed by atoms with Gasteiger partial charge in [-0.2, -0.15) is 0 Å². The van der Waals surface area contributed by atoms with Crippen LogP contribution < -0.4 is 5.73 Å². The summed E-state index contributed by atoms with van der Waals surface area (Å²) in [6.07, 6.45) is 6.81. The van der Waals surface area contributed by atoms with E-state index >= 15 is 0 Å². The molecule has 0 aromatic heterocycles. The van der Waals surface area contributed by atoms with Gasteiger partial charge in [-0.05, 0) is 24.7 Å². The fraction of sp³-hybridized carbons (Fsp3) is 0.917. The van der Waals surface area contributed by atoms with Gasteiger partial charge in [0.2, 0.25) is 0 Å². The maximum atomic E-state index is 6.06. The van der Waals surface area contributed by atoms with Crippen LogP contribution in [0.5, 0.6) is 0 Å². The number of ether oxygens (including phenoxy) is 1. The normalized spacial score (nSPS) is 33.4. The number of hydrogen-bond donors (Lipinski definition) is 1. The zero-order chi connectivity index (χ0) is 11.0.